The highest BCUT2D eigenvalue weighted by atomic mass is 32.2. The molecule has 0 aliphatic carbocycles. The number of nitrogens with one attached hydrogen (secondary N) is 1. The van der Waals surface area contributed by atoms with E-state index in [-0.39, 0.29) is 11.0 Å². The molecule has 2 rings (SSSR count). The van der Waals surface area contributed by atoms with Crippen LogP contribution in [-0.2, 0) is 11.1 Å². The monoisotopic (exact) mass is 198 g/mol. The minimum atomic E-state index is -2.20. The topological polar surface area (TPSA) is 105 Å². The molecule has 0 bridgehead atoms. The number of fused-ring (bicyclic) bond motifs is 1. The van der Waals surface area contributed by atoms with Crippen molar-refractivity contribution in [1.29, 1.82) is 0 Å². The van der Waals surface area contributed by atoms with Crippen molar-refractivity contribution in [3.8, 4) is 0 Å². The third-order valence-corrected chi connectivity index (χ3v) is 2.08. The average Bonchev–Trinajstić information content (AvgIpc) is 2.51. The van der Waals surface area contributed by atoms with Gasteiger partial charge in [-0.2, -0.15) is 0 Å². The molecule has 68 valence electrons. The molecule has 0 fully saturated rings. The molecule has 0 aromatic carbocycles. The maximum atomic E-state index is 10.6. The molecule has 0 radical (unpaired) electrons. The van der Waals surface area contributed by atoms with Gasteiger partial charge in [0.05, 0.1) is 5.39 Å². The van der Waals surface area contributed by atoms with E-state index in [9.17, 15) is 4.21 Å². The molecule has 1 atom stereocenters. The van der Waals surface area contributed by atoms with E-state index in [1.807, 2.05) is 0 Å². The van der Waals surface area contributed by atoms with Crippen LogP contribution in [0.3, 0.4) is 0 Å². The van der Waals surface area contributed by atoms with E-state index in [0.717, 1.165) is 0 Å². The highest BCUT2D eigenvalue weighted by Gasteiger charge is 2.09. The molecular weight excluding hydrogens is 192 g/mol. The maximum Gasteiger partial charge on any atom is 0.250 e. The SMILES string of the molecule is Nc1nc(S(=O)O)nc2[nH]ccc12. The van der Waals surface area contributed by atoms with Crippen molar-refractivity contribution in [2.45, 2.75) is 5.16 Å². The molecule has 0 aliphatic rings. The maximum absolute atomic E-state index is 10.6. The molecule has 0 saturated heterocycles. The number of H-pyrrole nitrogens is 1. The zero-order valence-electron chi connectivity index (χ0n) is 6.39. The Morgan fingerprint density at radius 3 is 3.00 bits per heavy atom. The van der Waals surface area contributed by atoms with Crippen LogP contribution in [0.15, 0.2) is 17.4 Å². The van der Waals surface area contributed by atoms with Gasteiger partial charge in [0.25, 0.3) is 5.16 Å². The molecular formula is C6H6N4O2S. The van der Waals surface area contributed by atoms with Crippen LogP contribution in [0, 0.1) is 0 Å². The first-order valence-corrected chi connectivity index (χ1v) is 4.50. The quantitative estimate of drug-likeness (QED) is 0.446. The van der Waals surface area contributed by atoms with Gasteiger partial charge in [0.15, 0.2) is 0 Å². The second-order valence-electron chi connectivity index (χ2n) is 2.38. The highest BCUT2D eigenvalue weighted by Crippen LogP contribution is 2.16. The zero-order valence-corrected chi connectivity index (χ0v) is 7.21. The van der Waals surface area contributed by atoms with Crippen LogP contribution in [0.2, 0.25) is 0 Å². The van der Waals surface area contributed by atoms with Gasteiger partial charge in [-0.15, -0.1) is 0 Å². The van der Waals surface area contributed by atoms with Crippen molar-refractivity contribution >= 4 is 27.9 Å². The van der Waals surface area contributed by atoms with Crippen molar-refractivity contribution in [3.63, 3.8) is 0 Å². The highest BCUT2D eigenvalue weighted by molar-refractivity contribution is 7.79. The molecule has 2 heterocycles. The Kier molecular flexibility index (Phi) is 1.74. The van der Waals surface area contributed by atoms with Crippen molar-refractivity contribution in [2.75, 3.05) is 5.73 Å². The predicted octanol–water partition coefficient (Wildman–Crippen LogP) is 0.121. The van der Waals surface area contributed by atoms with E-state index in [2.05, 4.69) is 15.0 Å². The Morgan fingerprint density at radius 1 is 1.54 bits per heavy atom. The van der Waals surface area contributed by atoms with E-state index in [4.69, 9.17) is 10.3 Å². The lowest BCUT2D eigenvalue weighted by atomic mass is 10.4. The van der Waals surface area contributed by atoms with Crippen molar-refractivity contribution < 1.29 is 8.76 Å². The van der Waals surface area contributed by atoms with Crippen LogP contribution in [0.1, 0.15) is 0 Å². The van der Waals surface area contributed by atoms with Gasteiger partial charge in [-0.1, -0.05) is 0 Å². The first-order valence-electron chi connectivity index (χ1n) is 3.40. The fourth-order valence-electron chi connectivity index (χ4n) is 1.02. The van der Waals surface area contributed by atoms with Crippen LogP contribution in [0.4, 0.5) is 5.82 Å². The number of nitrogen functional groups attached to an aromatic ring is 1. The third kappa shape index (κ3) is 1.27. The lowest BCUT2D eigenvalue weighted by Crippen LogP contribution is -2.01. The first kappa shape index (κ1) is 8.14. The van der Waals surface area contributed by atoms with Gasteiger partial charge in [0, 0.05) is 6.20 Å². The molecule has 2 aromatic heterocycles. The lowest BCUT2D eigenvalue weighted by molar-refractivity contribution is 0.556. The van der Waals surface area contributed by atoms with E-state index in [0.29, 0.717) is 11.0 Å². The van der Waals surface area contributed by atoms with E-state index in [1.54, 1.807) is 12.3 Å². The summed E-state index contributed by atoms with van der Waals surface area (Å²) >= 11 is -2.20. The first-order chi connectivity index (χ1) is 6.18. The Bertz CT molecular complexity index is 480. The minimum absolute atomic E-state index is 0.188. The molecule has 4 N–H and O–H groups in total. The molecule has 0 amide bonds. The summed E-state index contributed by atoms with van der Waals surface area (Å²) in [5, 5.41) is 0.460. The largest absolute Gasteiger partial charge is 0.383 e. The molecule has 2 aromatic rings. The zero-order chi connectivity index (χ0) is 9.42. The summed E-state index contributed by atoms with van der Waals surface area (Å²) < 4.78 is 19.4. The molecule has 13 heavy (non-hydrogen) atoms. The number of nitrogens with zero attached hydrogens (tertiary/aromatic N) is 2. The van der Waals surface area contributed by atoms with Crippen molar-refractivity contribution in [1.82, 2.24) is 15.0 Å². The fourth-order valence-corrected chi connectivity index (χ4v) is 1.37. The predicted molar refractivity (Wildman–Crippen MR) is 47.3 cm³/mol. The normalized spacial score (nSPS) is 13.3. The Morgan fingerprint density at radius 2 is 2.31 bits per heavy atom. The van der Waals surface area contributed by atoms with Crippen LogP contribution >= 0.6 is 0 Å². The van der Waals surface area contributed by atoms with Crippen LogP contribution in [0.25, 0.3) is 11.0 Å². The third-order valence-electron chi connectivity index (χ3n) is 1.58. The van der Waals surface area contributed by atoms with Gasteiger partial charge in [-0.25, -0.2) is 14.2 Å². The van der Waals surface area contributed by atoms with E-state index in [1.165, 1.54) is 0 Å². The number of hydrogen-bond acceptors (Lipinski definition) is 4. The van der Waals surface area contributed by atoms with Crippen LogP contribution in [0.5, 0.6) is 0 Å². The summed E-state index contributed by atoms with van der Waals surface area (Å²) in [6.07, 6.45) is 1.64. The summed E-state index contributed by atoms with van der Waals surface area (Å²) in [6.45, 7) is 0. The second-order valence-corrected chi connectivity index (χ2v) is 3.24. The summed E-state index contributed by atoms with van der Waals surface area (Å²) in [6, 6.07) is 1.70. The summed E-state index contributed by atoms with van der Waals surface area (Å²) in [5.74, 6) is 0.198. The number of rotatable bonds is 1. The Balaban J connectivity index is 2.77. The molecule has 1 unspecified atom stereocenters. The van der Waals surface area contributed by atoms with Gasteiger partial charge in [-0.05, 0) is 6.07 Å². The smallest absolute Gasteiger partial charge is 0.250 e. The average molecular weight is 198 g/mol. The van der Waals surface area contributed by atoms with Crippen LogP contribution in [-0.4, -0.2) is 23.7 Å². The van der Waals surface area contributed by atoms with Crippen molar-refractivity contribution in [3.05, 3.63) is 12.3 Å². The molecule has 6 nitrogen and oxygen atoms in total. The molecule has 7 heteroatoms. The molecule has 0 spiro atoms. The molecule has 0 aliphatic heterocycles. The van der Waals surface area contributed by atoms with Gasteiger partial charge < -0.3 is 10.7 Å². The number of aromatic amines is 1. The summed E-state index contributed by atoms with van der Waals surface area (Å²) in [7, 11) is 0. The standard InChI is InChI=1S/C6H6N4O2S/c7-4-3-1-2-8-5(3)10-6(9-4)13(11)12/h1-2H,(H,11,12)(H3,7,8,9,10). The summed E-state index contributed by atoms with van der Waals surface area (Å²) in [5.41, 5.74) is 5.99. The Labute approximate surface area is 75.5 Å². The second kappa shape index (κ2) is 2.79. The fraction of sp³-hybridized carbons (Fsp3) is 0. The number of hydrogen-bond donors (Lipinski definition) is 3. The van der Waals surface area contributed by atoms with Crippen LogP contribution < -0.4 is 5.73 Å². The minimum Gasteiger partial charge on any atom is -0.383 e. The number of anilines is 1. The van der Waals surface area contributed by atoms with E-state index < -0.39 is 11.1 Å². The summed E-state index contributed by atoms with van der Waals surface area (Å²) in [4.78, 5) is 10.2. The van der Waals surface area contributed by atoms with Crippen molar-refractivity contribution in [2.24, 2.45) is 0 Å². The van der Waals surface area contributed by atoms with Gasteiger partial charge >= 0.3 is 0 Å². The molecule has 0 saturated carbocycles. The van der Waals surface area contributed by atoms with Gasteiger partial charge in [0.2, 0.25) is 11.1 Å². The lowest BCUT2D eigenvalue weighted by Gasteiger charge is -1.97. The van der Waals surface area contributed by atoms with E-state index >= 15 is 0 Å². The van der Waals surface area contributed by atoms with Gasteiger partial charge in [0.1, 0.15) is 11.5 Å². The number of aromatic nitrogens is 3. The number of nitrogens with two attached hydrogens (primary N) is 1. The Hall–Kier alpha value is -1.47. The van der Waals surface area contributed by atoms with Gasteiger partial charge in [-0.3, -0.25) is 4.55 Å².